The molecule has 5 nitrogen and oxygen atoms in total. The van der Waals surface area contributed by atoms with E-state index in [1.54, 1.807) is 11.8 Å². The highest BCUT2D eigenvalue weighted by Gasteiger charge is 2.46. The van der Waals surface area contributed by atoms with Crippen molar-refractivity contribution < 1.29 is 15.3 Å². The molecule has 2 aliphatic rings. The van der Waals surface area contributed by atoms with Gasteiger partial charge in [0.25, 0.3) is 0 Å². The molecule has 5 atom stereocenters. The summed E-state index contributed by atoms with van der Waals surface area (Å²) in [7, 11) is 0. The van der Waals surface area contributed by atoms with E-state index < -0.39 is 12.2 Å². The van der Waals surface area contributed by atoms with Crippen molar-refractivity contribution in [2.45, 2.75) is 29.9 Å². The Balaban J connectivity index is 2.12. The first kappa shape index (κ1) is 11.3. The van der Waals surface area contributed by atoms with Crippen LogP contribution in [0.2, 0.25) is 0 Å². The highest BCUT2D eigenvalue weighted by molar-refractivity contribution is 8.14. The van der Waals surface area contributed by atoms with Crippen molar-refractivity contribution in [1.82, 2.24) is 0 Å². The maximum absolute atomic E-state index is 9.84. The van der Waals surface area contributed by atoms with Crippen molar-refractivity contribution in [2.75, 3.05) is 13.2 Å². The van der Waals surface area contributed by atoms with Crippen molar-refractivity contribution in [3.63, 3.8) is 0 Å². The van der Waals surface area contributed by atoms with Gasteiger partial charge in [-0.2, -0.15) is 0 Å². The number of nitrogens with zero attached hydrogens (tertiary/aromatic N) is 1. The van der Waals surface area contributed by atoms with Gasteiger partial charge in [0, 0.05) is 24.3 Å². The van der Waals surface area contributed by atoms with Gasteiger partial charge in [0.1, 0.15) is 6.10 Å². The highest BCUT2D eigenvalue weighted by Crippen LogP contribution is 2.39. The lowest BCUT2D eigenvalue weighted by Gasteiger charge is -2.37. The van der Waals surface area contributed by atoms with E-state index in [1.807, 2.05) is 0 Å². The summed E-state index contributed by atoms with van der Waals surface area (Å²) in [6.07, 6.45) is -1.08. The third-order valence-corrected chi connectivity index (χ3v) is 4.41. The topological polar surface area (TPSA) is 99.1 Å². The minimum Gasteiger partial charge on any atom is -0.396 e. The number of rotatable bonds is 2. The summed E-state index contributed by atoms with van der Waals surface area (Å²) in [6.45, 7) is 0.282. The fourth-order valence-corrected chi connectivity index (χ4v) is 3.54. The van der Waals surface area contributed by atoms with Crippen molar-refractivity contribution in [3.8, 4) is 0 Å². The van der Waals surface area contributed by atoms with Gasteiger partial charge in [-0.25, -0.2) is 0 Å². The molecule has 1 aliphatic carbocycles. The molecule has 0 aromatic carbocycles. The molecule has 2 rings (SSSR count). The van der Waals surface area contributed by atoms with E-state index in [9.17, 15) is 10.2 Å². The molecule has 0 amide bonds. The van der Waals surface area contributed by atoms with Gasteiger partial charge >= 0.3 is 0 Å². The van der Waals surface area contributed by atoms with E-state index in [4.69, 9.17) is 10.8 Å². The lowest BCUT2D eigenvalue weighted by molar-refractivity contribution is -0.0646. The zero-order chi connectivity index (χ0) is 11.0. The molecule has 86 valence electrons. The number of fused-ring (bicyclic) bond motifs is 1. The Labute approximate surface area is 92.4 Å². The van der Waals surface area contributed by atoms with Gasteiger partial charge in [0.05, 0.1) is 17.2 Å². The Morgan fingerprint density at radius 2 is 2.13 bits per heavy atom. The van der Waals surface area contributed by atoms with Crippen LogP contribution in [0.15, 0.2) is 4.99 Å². The average Bonchev–Trinajstić information content (AvgIpc) is 2.66. The molecule has 0 aromatic heterocycles. The molecule has 1 aliphatic heterocycles. The summed E-state index contributed by atoms with van der Waals surface area (Å²) in [5.41, 5.74) is 5.49. The van der Waals surface area contributed by atoms with Crippen LogP contribution in [0.1, 0.15) is 6.42 Å². The first-order valence-corrected chi connectivity index (χ1v) is 5.95. The predicted molar refractivity (Wildman–Crippen MR) is 58.9 cm³/mol. The van der Waals surface area contributed by atoms with Crippen molar-refractivity contribution in [2.24, 2.45) is 16.6 Å². The second-order valence-corrected chi connectivity index (χ2v) is 5.35. The van der Waals surface area contributed by atoms with Crippen LogP contribution in [0.5, 0.6) is 0 Å². The summed E-state index contributed by atoms with van der Waals surface area (Å²) in [4.78, 5) is 4.29. The first-order valence-electron chi connectivity index (χ1n) is 5.07. The third kappa shape index (κ3) is 1.92. The monoisotopic (exact) mass is 232 g/mol. The Morgan fingerprint density at radius 3 is 2.73 bits per heavy atom. The molecule has 0 spiro atoms. The molecule has 0 unspecified atom stereocenters. The van der Waals surface area contributed by atoms with E-state index in [2.05, 4.69) is 4.99 Å². The van der Waals surface area contributed by atoms with Crippen LogP contribution in [0.25, 0.3) is 0 Å². The largest absolute Gasteiger partial charge is 0.396 e. The van der Waals surface area contributed by atoms with Gasteiger partial charge in [-0.15, -0.1) is 11.8 Å². The predicted octanol–water partition coefficient (Wildman–Crippen LogP) is -1.44. The van der Waals surface area contributed by atoms with Gasteiger partial charge in [0.2, 0.25) is 0 Å². The minimum absolute atomic E-state index is 0.0973. The van der Waals surface area contributed by atoms with E-state index in [1.165, 1.54) is 0 Å². The molecule has 1 heterocycles. The number of aliphatic imine (C=N–C) groups is 1. The summed E-state index contributed by atoms with van der Waals surface area (Å²) in [6, 6.07) is -0.258. The maximum Gasteiger partial charge on any atom is 0.104 e. The molecule has 15 heavy (non-hydrogen) atoms. The zero-order valence-electron chi connectivity index (χ0n) is 8.28. The molecule has 0 aromatic rings. The first-order chi connectivity index (χ1) is 7.17. The Hall–Kier alpha value is -0.140. The third-order valence-electron chi connectivity index (χ3n) is 3.09. The van der Waals surface area contributed by atoms with Crippen LogP contribution >= 0.6 is 11.8 Å². The quantitative estimate of drug-likeness (QED) is 0.467. The Morgan fingerprint density at radius 1 is 1.40 bits per heavy atom. The Bertz CT molecular complexity index is 274. The molecule has 0 bridgehead atoms. The maximum atomic E-state index is 9.84. The molecule has 1 saturated carbocycles. The summed E-state index contributed by atoms with van der Waals surface area (Å²) in [5.74, 6) is -0.249. The van der Waals surface area contributed by atoms with Crippen LogP contribution in [0, 0.1) is 5.92 Å². The van der Waals surface area contributed by atoms with Gasteiger partial charge in [-0.05, 0) is 6.42 Å². The minimum atomic E-state index is -0.877. The van der Waals surface area contributed by atoms with E-state index in [0.717, 1.165) is 5.04 Å². The fourth-order valence-electron chi connectivity index (χ4n) is 2.21. The molecule has 0 radical (unpaired) electrons. The number of hydrogen-bond acceptors (Lipinski definition) is 6. The van der Waals surface area contributed by atoms with E-state index in [0.29, 0.717) is 13.0 Å². The molecule has 0 saturated heterocycles. The molecular formula is C9H16N2O3S. The molecular weight excluding hydrogens is 216 g/mol. The molecule has 1 fully saturated rings. The zero-order valence-corrected chi connectivity index (χ0v) is 9.10. The number of aliphatic hydroxyl groups excluding tert-OH is 3. The second-order valence-electron chi connectivity index (χ2n) is 4.03. The van der Waals surface area contributed by atoms with Gasteiger partial charge in [-0.3, -0.25) is 4.99 Å². The standard InChI is InChI=1S/C9H16N2O3S/c10-2-6-11-7-5(15-6)1-4(3-12)8(13)9(7)14/h4-5,7-9,12-14H,1-3,10H2/t4-,5+,7+,8-,9-/m1/s1. The average molecular weight is 232 g/mol. The van der Waals surface area contributed by atoms with Crippen LogP contribution in [-0.2, 0) is 0 Å². The number of thioether (sulfide) groups is 1. The highest BCUT2D eigenvalue weighted by atomic mass is 32.2. The smallest absolute Gasteiger partial charge is 0.104 e. The van der Waals surface area contributed by atoms with Crippen LogP contribution in [-0.4, -0.2) is 57.0 Å². The number of aliphatic hydroxyl groups is 3. The number of hydrogen-bond donors (Lipinski definition) is 4. The van der Waals surface area contributed by atoms with Gasteiger partial charge in [-0.1, -0.05) is 0 Å². The molecule has 5 N–H and O–H groups in total. The normalized spacial score (nSPS) is 45.1. The Kier molecular flexibility index (Phi) is 3.32. The van der Waals surface area contributed by atoms with Crippen LogP contribution in [0.4, 0.5) is 0 Å². The lowest BCUT2D eigenvalue weighted by Crippen LogP contribution is -2.51. The van der Waals surface area contributed by atoms with Crippen molar-refractivity contribution in [1.29, 1.82) is 0 Å². The SMILES string of the molecule is NCC1=N[C@@H]2[C@@H](O)[C@H](O)[C@@H](CO)C[C@@H]2S1. The summed E-state index contributed by atoms with van der Waals surface area (Å²) >= 11 is 1.56. The molecule has 6 heteroatoms. The van der Waals surface area contributed by atoms with Crippen molar-refractivity contribution >= 4 is 16.8 Å². The summed E-state index contributed by atoms with van der Waals surface area (Å²) < 4.78 is 0. The van der Waals surface area contributed by atoms with Crippen molar-refractivity contribution in [3.05, 3.63) is 0 Å². The van der Waals surface area contributed by atoms with E-state index in [-0.39, 0.29) is 23.8 Å². The lowest BCUT2D eigenvalue weighted by atomic mass is 9.81. The van der Waals surface area contributed by atoms with Gasteiger partial charge < -0.3 is 21.1 Å². The van der Waals surface area contributed by atoms with Gasteiger partial charge in [0.15, 0.2) is 0 Å². The van der Waals surface area contributed by atoms with Crippen LogP contribution in [0.3, 0.4) is 0 Å². The van der Waals surface area contributed by atoms with E-state index >= 15 is 0 Å². The fraction of sp³-hybridized carbons (Fsp3) is 0.889. The number of nitrogens with two attached hydrogens (primary N) is 1. The van der Waals surface area contributed by atoms with Crippen LogP contribution < -0.4 is 5.73 Å². The second kappa shape index (κ2) is 4.39. The summed E-state index contributed by atoms with van der Waals surface area (Å²) in [5, 5.41) is 29.6.